The van der Waals surface area contributed by atoms with Crippen LogP contribution in [0.4, 0.5) is 5.13 Å². The summed E-state index contributed by atoms with van der Waals surface area (Å²) in [4.78, 5) is 6.97. The van der Waals surface area contributed by atoms with E-state index in [4.69, 9.17) is 5.73 Å². The zero-order chi connectivity index (χ0) is 14.2. The van der Waals surface area contributed by atoms with Gasteiger partial charge < -0.3 is 5.73 Å². The lowest BCUT2D eigenvalue weighted by molar-refractivity contribution is 0.486. The van der Waals surface area contributed by atoms with Crippen molar-refractivity contribution in [1.82, 2.24) is 25.2 Å². The van der Waals surface area contributed by atoms with Gasteiger partial charge in [-0.3, -0.25) is 0 Å². The lowest BCUT2D eigenvalue weighted by atomic mass is 10.1. The highest BCUT2D eigenvalue weighted by Gasteiger charge is 2.24. The van der Waals surface area contributed by atoms with Gasteiger partial charge >= 0.3 is 0 Å². The zero-order valence-electron chi connectivity index (χ0n) is 11.3. The second-order valence-electron chi connectivity index (χ2n) is 5.21. The molecule has 6 nitrogen and oxygen atoms in total. The number of nitrogens with two attached hydrogens (primary N) is 1. The molecule has 0 atom stereocenters. The first kappa shape index (κ1) is 12.5. The molecule has 2 N–H and O–H groups in total. The van der Waals surface area contributed by atoms with Crippen LogP contribution in [0.15, 0.2) is 30.3 Å². The third-order valence-corrected chi connectivity index (χ3v) is 4.35. The maximum Gasteiger partial charge on any atom is 0.217 e. The minimum atomic E-state index is 0.516. The first-order chi connectivity index (χ1) is 10.3. The van der Waals surface area contributed by atoms with E-state index in [0.29, 0.717) is 16.9 Å². The number of anilines is 1. The number of hydrogen-bond acceptors (Lipinski definition) is 6. The van der Waals surface area contributed by atoms with Crippen LogP contribution in [-0.2, 0) is 6.54 Å². The smallest absolute Gasteiger partial charge is 0.217 e. The van der Waals surface area contributed by atoms with Crippen LogP contribution in [-0.4, -0.2) is 25.2 Å². The van der Waals surface area contributed by atoms with E-state index in [1.54, 1.807) is 4.80 Å². The summed E-state index contributed by atoms with van der Waals surface area (Å²) in [6, 6.07) is 9.94. The Morgan fingerprint density at radius 3 is 2.81 bits per heavy atom. The number of hydrogen-bond donors (Lipinski definition) is 1. The number of aromatic nitrogens is 5. The number of rotatable bonds is 4. The molecule has 1 fully saturated rings. The van der Waals surface area contributed by atoms with Gasteiger partial charge in [0.2, 0.25) is 5.82 Å². The van der Waals surface area contributed by atoms with Gasteiger partial charge in [-0.05, 0) is 24.0 Å². The van der Waals surface area contributed by atoms with Crippen LogP contribution in [0.1, 0.15) is 12.8 Å². The van der Waals surface area contributed by atoms with E-state index in [1.807, 2.05) is 30.3 Å². The van der Waals surface area contributed by atoms with Crippen LogP contribution in [0.5, 0.6) is 0 Å². The predicted octanol–water partition coefficient (Wildman–Crippen LogP) is 2.46. The van der Waals surface area contributed by atoms with Crippen molar-refractivity contribution in [2.75, 3.05) is 5.73 Å². The van der Waals surface area contributed by atoms with Crippen molar-refractivity contribution >= 4 is 16.5 Å². The third kappa shape index (κ3) is 2.52. The molecule has 2 heterocycles. The average molecular weight is 298 g/mol. The fourth-order valence-electron chi connectivity index (χ4n) is 2.22. The summed E-state index contributed by atoms with van der Waals surface area (Å²) in [5.74, 6) is 1.32. The summed E-state index contributed by atoms with van der Waals surface area (Å²) in [5.41, 5.74) is 7.71. The molecule has 2 aromatic heterocycles. The normalized spacial score (nSPS) is 14.5. The van der Waals surface area contributed by atoms with Gasteiger partial charge in [0.15, 0.2) is 5.13 Å². The number of nitrogen functional groups attached to an aromatic ring is 1. The summed E-state index contributed by atoms with van der Waals surface area (Å²) < 4.78 is 0. The van der Waals surface area contributed by atoms with Gasteiger partial charge in [0.05, 0.1) is 12.2 Å². The molecular weight excluding hydrogens is 284 g/mol. The Hall–Kier alpha value is -2.28. The Morgan fingerprint density at radius 2 is 2.05 bits per heavy atom. The number of benzene rings is 1. The molecule has 21 heavy (non-hydrogen) atoms. The van der Waals surface area contributed by atoms with Crippen LogP contribution in [0, 0.1) is 5.92 Å². The first-order valence-electron chi connectivity index (χ1n) is 6.89. The van der Waals surface area contributed by atoms with Crippen molar-refractivity contribution in [2.24, 2.45) is 5.92 Å². The van der Waals surface area contributed by atoms with E-state index in [1.165, 1.54) is 24.2 Å². The van der Waals surface area contributed by atoms with Crippen LogP contribution in [0.3, 0.4) is 0 Å². The Morgan fingerprint density at radius 1 is 1.24 bits per heavy atom. The van der Waals surface area contributed by atoms with Crippen molar-refractivity contribution in [1.29, 1.82) is 0 Å². The second kappa shape index (κ2) is 4.92. The molecule has 0 saturated heterocycles. The van der Waals surface area contributed by atoms with E-state index < -0.39 is 0 Å². The summed E-state index contributed by atoms with van der Waals surface area (Å²) in [6.45, 7) is 0.849. The van der Waals surface area contributed by atoms with E-state index in [0.717, 1.165) is 22.7 Å². The Balaban J connectivity index is 1.72. The molecule has 1 saturated carbocycles. The minimum absolute atomic E-state index is 0.516. The highest BCUT2D eigenvalue weighted by Crippen LogP contribution is 2.36. The lowest BCUT2D eigenvalue weighted by Crippen LogP contribution is -2.03. The number of tetrazole rings is 1. The summed E-state index contributed by atoms with van der Waals surface area (Å²) in [6.07, 6.45) is 2.53. The van der Waals surface area contributed by atoms with Crippen molar-refractivity contribution in [2.45, 2.75) is 19.4 Å². The topological polar surface area (TPSA) is 82.5 Å². The Labute approximate surface area is 125 Å². The molecule has 0 bridgehead atoms. The largest absolute Gasteiger partial charge is 0.375 e. The van der Waals surface area contributed by atoms with E-state index in [2.05, 4.69) is 20.4 Å². The van der Waals surface area contributed by atoms with E-state index >= 15 is 0 Å². The molecule has 106 valence electrons. The van der Waals surface area contributed by atoms with Crippen molar-refractivity contribution in [3.8, 4) is 22.0 Å². The first-order valence-corrected chi connectivity index (χ1v) is 7.71. The standard InChI is InChI=1S/C14H14N6S/c15-14-16-11(10-4-2-1-3-5-10)12(21-14)13-17-19-20(18-13)8-9-6-7-9/h1-5,9H,6-8H2,(H2,15,16). The summed E-state index contributed by atoms with van der Waals surface area (Å²) in [5, 5.41) is 13.3. The SMILES string of the molecule is Nc1nc(-c2ccccc2)c(-c2nnn(CC3CC3)n2)s1. The quantitative estimate of drug-likeness (QED) is 0.800. The van der Waals surface area contributed by atoms with Crippen molar-refractivity contribution in [3.63, 3.8) is 0 Å². The fraction of sp³-hybridized carbons (Fsp3) is 0.286. The van der Waals surface area contributed by atoms with Crippen LogP contribution in [0.2, 0.25) is 0 Å². The molecule has 7 heteroatoms. The molecule has 0 spiro atoms. The van der Waals surface area contributed by atoms with Crippen molar-refractivity contribution < 1.29 is 0 Å². The minimum Gasteiger partial charge on any atom is -0.375 e. The van der Waals surface area contributed by atoms with Gasteiger partial charge in [-0.25, -0.2) is 4.98 Å². The van der Waals surface area contributed by atoms with Crippen LogP contribution in [0.25, 0.3) is 22.0 Å². The fourth-order valence-corrected chi connectivity index (χ4v) is 3.00. The van der Waals surface area contributed by atoms with E-state index in [-0.39, 0.29) is 0 Å². The van der Waals surface area contributed by atoms with Gasteiger partial charge in [-0.15, -0.1) is 10.2 Å². The molecule has 1 aliphatic carbocycles. The maximum atomic E-state index is 5.88. The molecule has 0 aliphatic heterocycles. The lowest BCUT2D eigenvalue weighted by Gasteiger charge is -1.98. The molecular formula is C14H14N6S. The summed E-state index contributed by atoms with van der Waals surface area (Å²) in [7, 11) is 0. The van der Waals surface area contributed by atoms with Crippen LogP contribution < -0.4 is 5.73 Å². The molecule has 3 aromatic rings. The highest BCUT2D eigenvalue weighted by molar-refractivity contribution is 7.19. The van der Waals surface area contributed by atoms with Gasteiger partial charge in [0, 0.05) is 5.56 Å². The van der Waals surface area contributed by atoms with Gasteiger partial charge in [0.1, 0.15) is 4.88 Å². The third-order valence-electron chi connectivity index (χ3n) is 3.47. The molecule has 0 amide bonds. The number of thiazole rings is 1. The molecule has 1 aromatic carbocycles. The number of nitrogens with zero attached hydrogens (tertiary/aromatic N) is 5. The highest BCUT2D eigenvalue weighted by atomic mass is 32.1. The average Bonchev–Trinajstić information content (AvgIpc) is 3.04. The van der Waals surface area contributed by atoms with Gasteiger partial charge in [-0.2, -0.15) is 4.80 Å². The summed E-state index contributed by atoms with van der Waals surface area (Å²) >= 11 is 1.40. The van der Waals surface area contributed by atoms with Gasteiger partial charge in [-0.1, -0.05) is 41.7 Å². The van der Waals surface area contributed by atoms with Crippen LogP contribution >= 0.6 is 11.3 Å². The van der Waals surface area contributed by atoms with Gasteiger partial charge in [0.25, 0.3) is 0 Å². The second-order valence-corrected chi connectivity index (χ2v) is 6.24. The molecule has 1 aliphatic rings. The predicted molar refractivity (Wildman–Crippen MR) is 81.5 cm³/mol. The van der Waals surface area contributed by atoms with Crippen molar-refractivity contribution in [3.05, 3.63) is 30.3 Å². The molecule has 0 radical (unpaired) electrons. The Bertz CT molecular complexity index is 759. The van der Waals surface area contributed by atoms with E-state index in [9.17, 15) is 0 Å². The maximum absolute atomic E-state index is 5.88. The zero-order valence-corrected chi connectivity index (χ0v) is 12.1. The molecule has 0 unspecified atom stereocenters. The Kier molecular flexibility index (Phi) is 2.92. The monoisotopic (exact) mass is 298 g/mol. The molecule has 4 rings (SSSR count).